The molecule has 0 amide bonds. The molecule has 1 aromatic heterocycles. The van der Waals surface area contributed by atoms with Gasteiger partial charge in [-0.25, -0.2) is 9.97 Å². The highest BCUT2D eigenvalue weighted by molar-refractivity contribution is 5.57. The molecule has 1 unspecified atom stereocenters. The Labute approximate surface area is 104 Å². The Bertz CT molecular complexity index is 338. The first kappa shape index (κ1) is 13.7. The molecular formula is C13H24N4. The number of anilines is 2. The van der Waals surface area contributed by atoms with Gasteiger partial charge in [-0.05, 0) is 19.8 Å². The zero-order chi connectivity index (χ0) is 12.7. The van der Waals surface area contributed by atoms with Gasteiger partial charge in [0.1, 0.15) is 18.0 Å². The normalized spacial score (nSPS) is 12.2. The first-order chi connectivity index (χ1) is 8.22. The summed E-state index contributed by atoms with van der Waals surface area (Å²) in [5.41, 5.74) is 1.17. The third-order valence-corrected chi connectivity index (χ3v) is 2.91. The summed E-state index contributed by atoms with van der Waals surface area (Å²) >= 11 is 0. The van der Waals surface area contributed by atoms with Crippen LogP contribution in [0.1, 0.15) is 45.6 Å². The van der Waals surface area contributed by atoms with Crippen molar-refractivity contribution in [3.8, 4) is 0 Å². The van der Waals surface area contributed by atoms with Crippen molar-refractivity contribution in [1.29, 1.82) is 0 Å². The number of hydrogen-bond donors (Lipinski definition) is 2. The van der Waals surface area contributed by atoms with Crippen LogP contribution in [0.25, 0.3) is 0 Å². The Morgan fingerprint density at radius 2 is 1.94 bits per heavy atom. The summed E-state index contributed by atoms with van der Waals surface area (Å²) in [4.78, 5) is 8.58. The van der Waals surface area contributed by atoms with E-state index in [4.69, 9.17) is 0 Å². The van der Waals surface area contributed by atoms with Crippen molar-refractivity contribution in [3.05, 3.63) is 11.9 Å². The van der Waals surface area contributed by atoms with Gasteiger partial charge in [0.25, 0.3) is 0 Å². The van der Waals surface area contributed by atoms with Crippen molar-refractivity contribution >= 4 is 11.6 Å². The van der Waals surface area contributed by atoms with Crippen LogP contribution in [0.3, 0.4) is 0 Å². The number of nitrogens with zero attached hydrogens (tertiary/aromatic N) is 2. The SMILES string of the molecule is CCCCC(C)Nc1ncnc(NC)c1CC. The van der Waals surface area contributed by atoms with Gasteiger partial charge in [-0.15, -0.1) is 0 Å². The number of hydrogen-bond acceptors (Lipinski definition) is 4. The van der Waals surface area contributed by atoms with Crippen molar-refractivity contribution in [2.45, 2.75) is 52.5 Å². The van der Waals surface area contributed by atoms with E-state index in [0.717, 1.165) is 18.1 Å². The number of nitrogens with one attached hydrogen (secondary N) is 2. The Morgan fingerprint density at radius 3 is 2.53 bits per heavy atom. The Kier molecular flexibility index (Phi) is 5.73. The first-order valence-corrected chi connectivity index (χ1v) is 6.51. The van der Waals surface area contributed by atoms with Crippen LogP contribution < -0.4 is 10.6 Å². The molecule has 0 aromatic carbocycles. The minimum Gasteiger partial charge on any atom is -0.373 e. The zero-order valence-electron chi connectivity index (χ0n) is 11.4. The predicted molar refractivity (Wildman–Crippen MR) is 73.6 cm³/mol. The van der Waals surface area contributed by atoms with Gasteiger partial charge in [0.05, 0.1) is 0 Å². The van der Waals surface area contributed by atoms with E-state index in [1.165, 1.54) is 24.8 Å². The third-order valence-electron chi connectivity index (χ3n) is 2.91. The number of aromatic nitrogens is 2. The monoisotopic (exact) mass is 236 g/mol. The van der Waals surface area contributed by atoms with E-state index in [0.29, 0.717) is 6.04 Å². The van der Waals surface area contributed by atoms with Crippen LogP contribution >= 0.6 is 0 Å². The summed E-state index contributed by atoms with van der Waals surface area (Å²) in [6, 6.07) is 0.458. The molecule has 0 fully saturated rings. The van der Waals surface area contributed by atoms with E-state index in [9.17, 15) is 0 Å². The van der Waals surface area contributed by atoms with E-state index < -0.39 is 0 Å². The summed E-state index contributed by atoms with van der Waals surface area (Å²) < 4.78 is 0. The molecule has 1 rings (SSSR count). The molecule has 0 aliphatic carbocycles. The lowest BCUT2D eigenvalue weighted by Crippen LogP contribution is -2.18. The largest absolute Gasteiger partial charge is 0.373 e. The summed E-state index contributed by atoms with van der Waals surface area (Å²) in [7, 11) is 1.89. The molecule has 0 aliphatic rings. The second-order valence-electron chi connectivity index (χ2n) is 4.34. The Hall–Kier alpha value is -1.32. The van der Waals surface area contributed by atoms with Gasteiger partial charge in [-0.2, -0.15) is 0 Å². The van der Waals surface area contributed by atoms with Crippen LogP contribution in [-0.4, -0.2) is 23.1 Å². The van der Waals surface area contributed by atoms with Crippen LogP contribution in [0.2, 0.25) is 0 Å². The topological polar surface area (TPSA) is 49.8 Å². The lowest BCUT2D eigenvalue weighted by Gasteiger charge is -2.17. The van der Waals surface area contributed by atoms with Crippen molar-refractivity contribution in [2.24, 2.45) is 0 Å². The molecule has 1 heterocycles. The average Bonchev–Trinajstić information content (AvgIpc) is 2.35. The molecule has 1 aromatic rings. The lowest BCUT2D eigenvalue weighted by atomic mass is 10.1. The minimum atomic E-state index is 0.458. The maximum absolute atomic E-state index is 4.34. The van der Waals surface area contributed by atoms with Crippen LogP contribution in [0, 0.1) is 0 Å². The molecule has 96 valence electrons. The smallest absolute Gasteiger partial charge is 0.134 e. The highest BCUT2D eigenvalue weighted by Crippen LogP contribution is 2.21. The van der Waals surface area contributed by atoms with E-state index in [-0.39, 0.29) is 0 Å². The summed E-state index contributed by atoms with van der Waals surface area (Å²) in [5.74, 6) is 1.89. The fraction of sp³-hybridized carbons (Fsp3) is 0.692. The molecule has 1 atom stereocenters. The summed E-state index contributed by atoms with van der Waals surface area (Å²) in [6.45, 7) is 6.55. The Balaban J connectivity index is 2.75. The maximum Gasteiger partial charge on any atom is 0.134 e. The lowest BCUT2D eigenvalue weighted by molar-refractivity contribution is 0.642. The van der Waals surface area contributed by atoms with Gasteiger partial charge in [0, 0.05) is 18.7 Å². The van der Waals surface area contributed by atoms with Crippen molar-refractivity contribution in [1.82, 2.24) is 9.97 Å². The first-order valence-electron chi connectivity index (χ1n) is 6.51. The van der Waals surface area contributed by atoms with E-state index in [2.05, 4.69) is 41.4 Å². The van der Waals surface area contributed by atoms with Crippen LogP contribution in [0.5, 0.6) is 0 Å². The van der Waals surface area contributed by atoms with Gasteiger partial charge in [-0.3, -0.25) is 0 Å². The molecule has 17 heavy (non-hydrogen) atoms. The molecule has 4 heteroatoms. The van der Waals surface area contributed by atoms with Gasteiger partial charge in [-0.1, -0.05) is 26.7 Å². The molecular weight excluding hydrogens is 212 g/mol. The van der Waals surface area contributed by atoms with Crippen molar-refractivity contribution in [2.75, 3.05) is 17.7 Å². The molecule has 2 N–H and O–H groups in total. The van der Waals surface area contributed by atoms with Crippen LogP contribution in [0.15, 0.2) is 6.33 Å². The van der Waals surface area contributed by atoms with Crippen molar-refractivity contribution in [3.63, 3.8) is 0 Å². The second kappa shape index (κ2) is 7.09. The van der Waals surface area contributed by atoms with Gasteiger partial charge in [0.15, 0.2) is 0 Å². The quantitative estimate of drug-likeness (QED) is 0.764. The minimum absolute atomic E-state index is 0.458. The molecule has 0 bridgehead atoms. The predicted octanol–water partition coefficient (Wildman–Crippen LogP) is 3.07. The van der Waals surface area contributed by atoms with Gasteiger partial charge < -0.3 is 10.6 Å². The molecule has 0 spiro atoms. The highest BCUT2D eigenvalue weighted by atomic mass is 15.1. The summed E-state index contributed by atoms with van der Waals surface area (Å²) in [5, 5.41) is 6.59. The molecule has 4 nitrogen and oxygen atoms in total. The van der Waals surface area contributed by atoms with Gasteiger partial charge in [0.2, 0.25) is 0 Å². The Morgan fingerprint density at radius 1 is 1.24 bits per heavy atom. The molecule has 0 saturated carbocycles. The van der Waals surface area contributed by atoms with Crippen LogP contribution in [0.4, 0.5) is 11.6 Å². The maximum atomic E-state index is 4.34. The number of rotatable bonds is 7. The van der Waals surface area contributed by atoms with Crippen molar-refractivity contribution < 1.29 is 0 Å². The van der Waals surface area contributed by atoms with E-state index in [1.807, 2.05) is 7.05 Å². The zero-order valence-corrected chi connectivity index (χ0v) is 11.4. The average molecular weight is 236 g/mol. The second-order valence-corrected chi connectivity index (χ2v) is 4.34. The fourth-order valence-corrected chi connectivity index (χ4v) is 1.90. The molecule has 0 saturated heterocycles. The number of unbranched alkanes of at least 4 members (excludes halogenated alkanes) is 1. The van der Waals surface area contributed by atoms with E-state index >= 15 is 0 Å². The standard InChI is InChI=1S/C13H24N4/c1-5-7-8-10(3)17-13-11(6-2)12(14-4)15-9-16-13/h9-10H,5-8H2,1-4H3,(H2,14,15,16,17). The van der Waals surface area contributed by atoms with Gasteiger partial charge >= 0.3 is 0 Å². The fourth-order valence-electron chi connectivity index (χ4n) is 1.90. The summed E-state index contributed by atoms with van der Waals surface area (Å²) in [6.07, 6.45) is 6.20. The molecule has 0 aliphatic heterocycles. The molecule has 0 radical (unpaired) electrons. The highest BCUT2D eigenvalue weighted by Gasteiger charge is 2.10. The van der Waals surface area contributed by atoms with E-state index in [1.54, 1.807) is 6.33 Å². The third kappa shape index (κ3) is 3.88. The van der Waals surface area contributed by atoms with Crippen LogP contribution in [-0.2, 0) is 6.42 Å².